The summed E-state index contributed by atoms with van der Waals surface area (Å²) in [4.78, 5) is 22.3. The fraction of sp³-hybridized carbons (Fsp3) is 0.167. The van der Waals surface area contributed by atoms with Gasteiger partial charge in [0.25, 0.3) is 0 Å². The number of anilines is 1. The molecule has 18 heavy (non-hydrogen) atoms. The van der Waals surface area contributed by atoms with Crippen molar-refractivity contribution in [1.82, 2.24) is 0 Å². The van der Waals surface area contributed by atoms with Crippen molar-refractivity contribution < 1.29 is 24.2 Å². The Hall–Kier alpha value is -2.50. The number of aromatic carboxylic acids is 1. The quantitative estimate of drug-likeness (QED) is 0.783. The number of ether oxygens (including phenoxy) is 2. The van der Waals surface area contributed by atoms with Crippen LogP contribution in [0.3, 0.4) is 0 Å². The molecular weight excluding hydrogens is 238 g/mol. The van der Waals surface area contributed by atoms with Crippen molar-refractivity contribution >= 4 is 17.7 Å². The zero-order valence-corrected chi connectivity index (χ0v) is 9.80. The van der Waals surface area contributed by atoms with Crippen LogP contribution in [0.4, 0.5) is 10.5 Å². The van der Waals surface area contributed by atoms with Crippen LogP contribution < -0.4 is 10.1 Å². The van der Waals surface area contributed by atoms with Crippen molar-refractivity contribution in [2.75, 3.05) is 19.0 Å². The predicted octanol–water partition coefficient (Wildman–Crippen LogP) is 2.13. The Labute approximate surface area is 104 Å². The van der Waals surface area contributed by atoms with E-state index in [1.807, 2.05) is 0 Å². The van der Waals surface area contributed by atoms with E-state index in [0.717, 1.165) is 0 Å². The number of hydrogen-bond donors (Lipinski definition) is 2. The molecule has 1 aromatic carbocycles. The van der Waals surface area contributed by atoms with Gasteiger partial charge in [0.2, 0.25) is 0 Å². The molecule has 1 rings (SSSR count). The molecule has 0 aromatic heterocycles. The Kier molecular flexibility index (Phi) is 4.74. The largest absolute Gasteiger partial charge is 0.494 e. The maximum absolute atomic E-state index is 11.3. The molecule has 0 aliphatic heterocycles. The van der Waals surface area contributed by atoms with Gasteiger partial charge in [0.1, 0.15) is 12.2 Å². The number of benzene rings is 1. The molecule has 0 atom stereocenters. The van der Waals surface area contributed by atoms with Gasteiger partial charge in [-0.1, -0.05) is 18.7 Å². The fourth-order valence-corrected chi connectivity index (χ4v) is 1.30. The summed E-state index contributed by atoms with van der Waals surface area (Å²) in [6, 6.07) is 4.39. The summed E-state index contributed by atoms with van der Waals surface area (Å²) in [5, 5.41) is 11.4. The maximum Gasteiger partial charge on any atom is 0.412 e. The van der Waals surface area contributed by atoms with Crippen LogP contribution in [0.15, 0.2) is 30.9 Å². The molecule has 0 bridgehead atoms. The van der Waals surface area contributed by atoms with Gasteiger partial charge in [0.15, 0.2) is 5.75 Å². The van der Waals surface area contributed by atoms with Crippen LogP contribution in [0.25, 0.3) is 0 Å². The molecule has 6 heteroatoms. The minimum Gasteiger partial charge on any atom is -0.494 e. The van der Waals surface area contributed by atoms with E-state index < -0.39 is 12.1 Å². The molecule has 1 amide bonds. The van der Waals surface area contributed by atoms with E-state index in [1.54, 1.807) is 0 Å². The van der Waals surface area contributed by atoms with Crippen LogP contribution in [0.5, 0.6) is 5.75 Å². The van der Waals surface area contributed by atoms with Gasteiger partial charge in [-0.2, -0.15) is 0 Å². The van der Waals surface area contributed by atoms with Gasteiger partial charge in [0.05, 0.1) is 12.8 Å². The summed E-state index contributed by atoms with van der Waals surface area (Å²) in [7, 11) is 1.32. The molecule has 96 valence electrons. The van der Waals surface area contributed by atoms with E-state index in [9.17, 15) is 9.59 Å². The number of methoxy groups -OCH3 is 1. The average Bonchev–Trinajstić information content (AvgIpc) is 2.35. The first-order chi connectivity index (χ1) is 8.60. The number of para-hydroxylation sites is 1. The first-order valence-corrected chi connectivity index (χ1v) is 5.05. The molecule has 2 N–H and O–H groups in total. The van der Waals surface area contributed by atoms with Gasteiger partial charge in [-0.05, 0) is 12.1 Å². The third-order valence-electron chi connectivity index (χ3n) is 2.02. The summed E-state index contributed by atoms with van der Waals surface area (Å²) >= 11 is 0. The molecule has 0 heterocycles. The summed E-state index contributed by atoms with van der Waals surface area (Å²) in [6.45, 7) is 3.47. The van der Waals surface area contributed by atoms with Gasteiger partial charge in [-0.3, -0.25) is 5.32 Å². The zero-order chi connectivity index (χ0) is 13.5. The highest BCUT2D eigenvalue weighted by atomic mass is 16.5. The second-order valence-corrected chi connectivity index (χ2v) is 3.20. The second kappa shape index (κ2) is 6.29. The third-order valence-corrected chi connectivity index (χ3v) is 2.02. The fourth-order valence-electron chi connectivity index (χ4n) is 1.30. The number of carboxylic acids is 1. The lowest BCUT2D eigenvalue weighted by Gasteiger charge is -2.11. The molecule has 0 fully saturated rings. The zero-order valence-electron chi connectivity index (χ0n) is 9.80. The van der Waals surface area contributed by atoms with Crippen LogP contribution in [-0.2, 0) is 4.74 Å². The highest BCUT2D eigenvalue weighted by molar-refractivity contribution is 5.96. The minimum absolute atomic E-state index is 0.0426. The molecule has 0 unspecified atom stereocenters. The average molecular weight is 251 g/mol. The molecule has 0 spiro atoms. The van der Waals surface area contributed by atoms with E-state index in [0.29, 0.717) is 0 Å². The SMILES string of the molecule is C=CCOC(=O)Nc1cccc(C(=O)O)c1OC. The van der Waals surface area contributed by atoms with Crippen molar-refractivity contribution in [1.29, 1.82) is 0 Å². The van der Waals surface area contributed by atoms with Crippen molar-refractivity contribution in [3.63, 3.8) is 0 Å². The van der Waals surface area contributed by atoms with Crippen LogP contribution >= 0.6 is 0 Å². The number of carboxylic acid groups (broad SMARTS) is 1. The number of carbonyl (C=O) groups excluding carboxylic acids is 1. The lowest BCUT2D eigenvalue weighted by atomic mass is 10.1. The molecule has 0 aliphatic rings. The highest BCUT2D eigenvalue weighted by Crippen LogP contribution is 2.28. The van der Waals surface area contributed by atoms with Gasteiger partial charge >= 0.3 is 12.1 Å². The standard InChI is InChI=1S/C12H13NO5/c1-3-7-18-12(16)13-9-6-4-5-8(11(14)15)10(9)17-2/h3-6H,1,7H2,2H3,(H,13,16)(H,14,15). The van der Waals surface area contributed by atoms with E-state index in [4.69, 9.17) is 14.6 Å². The van der Waals surface area contributed by atoms with Gasteiger partial charge < -0.3 is 14.6 Å². The Balaban J connectivity index is 2.95. The second-order valence-electron chi connectivity index (χ2n) is 3.20. The minimum atomic E-state index is -1.14. The monoisotopic (exact) mass is 251 g/mol. The van der Waals surface area contributed by atoms with Crippen LogP contribution in [0.1, 0.15) is 10.4 Å². The van der Waals surface area contributed by atoms with Crippen LogP contribution in [0.2, 0.25) is 0 Å². The number of hydrogen-bond acceptors (Lipinski definition) is 4. The Morgan fingerprint density at radius 2 is 2.22 bits per heavy atom. The summed E-state index contributed by atoms with van der Waals surface area (Å²) in [5.41, 5.74) is 0.186. The molecule has 0 radical (unpaired) electrons. The van der Waals surface area contributed by atoms with Gasteiger partial charge in [-0.15, -0.1) is 0 Å². The van der Waals surface area contributed by atoms with Gasteiger partial charge in [-0.25, -0.2) is 9.59 Å². The highest BCUT2D eigenvalue weighted by Gasteiger charge is 2.16. The molecule has 0 saturated heterocycles. The Morgan fingerprint density at radius 3 is 2.78 bits per heavy atom. The van der Waals surface area contributed by atoms with E-state index in [1.165, 1.54) is 31.4 Å². The number of amides is 1. The lowest BCUT2D eigenvalue weighted by molar-refractivity contribution is 0.0693. The Morgan fingerprint density at radius 1 is 1.50 bits per heavy atom. The number of carbonyl (C=O) groups is 2. The van der Waals surface area contributed by atoms with E-state index in [-0.39, 0.29) is 23.6 Å². The van der Waals surface area contributed by atoms with Crippen molar-refractivity contribution in [2.24, 2.45) is 0 Å². The first-order valence-electron chi connectivity index (χ1n) is 5.05. The molecule has 0 aliphatic carbocycles. The van der Waals surface area contributed by atoms with E-state index in [2.05, 4.69) is 11.9 Å². The lowest BCUT2D eigenvalue weighted by Crippen LogP contribution is -2.15. The smallest absolute Gasteiger partial charge is 0.412 e. The molecular formula is C12H13NO5. The summed E-state index contributed by atoms with van der Waals surface area (Å²) in [6.07, 6.45) is 0.709. The van der Waals surface area contributed by atoms with E-state index >= 15 is 0 Å². The third kappa shape index (κ3) is 3.24. The van der Waals surface area contributed by atoms with Crippen molar-refractivity contribution in [3.05, 3.63) is 36.4 Å². The van der Waals surface area contributed by atoms with Gasteiger partial charge in [0, 0.05) is 0 Å². The first kappa shape index (κ1) is 13.6. The molecule has 6 nitrogen and oxygen atoms in total. The Bertz CT molecular complexity index is 470. The maximum atomic E-state index is 11.3. The predicted molar refractivity (Wildman–Crippen MR) is 65.1 cm³/mol. The van der Waals surface area contributed by atoms with Crippen LogP contribution in [-0.4, -0.2) is 30.9 Å². The van der Waals surface area contributed by atoms with Crippen molar-refractivity contribution in [2.45, 2.75) is 0 Å². The number of nitrogens with one attached hydrogen (secondary N) is 1. The van der Waals surface area contributed by atoms with Crippen molar-refractivity contribution in [3.8, 4) is 5.75 Å². The van der Waals surface area contributed by atoms with Crippen LogP contribution in [0, 0.1) is 0 Å². The topological polar surface area (TPSA) is 84.9 Å². The number of rotatable bonds is 5. The summed E-state index contributed by atoms with van der Waals surface area (Å²) < 4.78 is 9.70. The molecule has 0 saturated carbocycles. The normalized spacial score (nSPS) is 9.39. The summed E-state index contributed by atoms with van der Waals surface area (Å²) in [5.74, 6) is -1.07. The molecule has 1 aromatic rings.